The van der Waals surface area contributed by atoms with E-state index in [1.54, 1.807) is 0 Å². The fourth-order valence-corrected chi connectivity index (χ4v) is 2.86. The molecule has 4 heteroatoms. The predicted octanol–water partition coefficient (Wildman–Crippen LogP) is 2.85. The second-order valence-electron chi connectivity index (χ2n) is 6.45. The van der Waals surface area contributed by atoms with E-state index in [-0.39, 0.29) is 0 Å². The molecule has 0 amide bonds. The van der Waals surface area contributed by atoms with Crippen LogP contribution in [0.2, 0.25) is 0 Å². The van der Waals surface area contributed by atoms with Gasteiger partial charge in [-0.15, -0.1) is 0 Å². The van der Waals surface area contributed by atoms with Crippen molar-refractivity contribution in [1.29, 1.82) is 0 Å². The van der Waals surface area contributed by atoms with E-state index in [1.165, 1.54) is 45.2 Å². The number of nitrogens with zero attached hydrogens (tertiary/aromatic N) is 2. The van der Waals surface area contributed by atoms with Crippen LogP contribution < -0.4 is 10.6 Å². The summed E-state index contributed by atoms with van der Waals surface area (Å²) in [5.74, 6) is 1.71. The van der Waals surface area contributed by atoms with Crippen LogP contribution in [0.25, 0.3) is 0 Å². The van der Waals surface area contributed by atoms with Gasteiger partial charge >= 0.3 is 0 Å². The lowest BCUT2D eigenvalue weighted by atomic mass is 9.97. The quantitative estimate of drug-likeness (QED) is 0.411. The molecule has 0 spiro atoms. The molecule has 21 heavy (non-hydrogen) atoms. The van der Waals surface area contributed by atoms with E-state index >= 15 is 0 Å². The molecule has 4 nitrogen and oxygen atoms in total. The summed E-state index contributed by atoms with van der Waals surface area (Å²) in [7, 11) is 0. The summed E-state index contributed by atoms with van der Waals surface area (Å²) in [5.41, 5.74) is 0. The van der Waals surface area contributed by atoms with E-state index in [0.717, 1.165) is 25.6 Å². The lowest BCUT2D eigenvalue weighted by molar-refractivity contribution is 0.143. The normalized spacial score (nSPS) is 20.8. The fourth-order valence-electron chi connectivity index (χ4n) is 2.86. The summed E-state index contributed by atoms with van der Waals surface area (Å²) in [5, 5.41) is 6.81. The summed E-state index contributed by atoms with van der Waals surface area (Å²) in [6, 6.07) is 0.664. The van der Waals surface area contributed by atoms with Crippen LogP contribution in [0, 0.1) is 5.92 Å². The maximum absolute atomic E-state index is 4.80. The zero-order valence-corrected chi connectivity index (χ0v) is 14.6. The minimum Gasteiger partial charge on any atom is -0.357 e. The lowest BCUT2D eigenvalue weighted by Crippen LogP contribution is -2.42. The Hall–Kier alpha value is -0.770. The fraction of sp³-hybridized carbons (Fsp3) is 0.941. The molecule has 1 unspecified atom stereocenters. The van der Waals surface area contributed by atoms with Crippen LogP contribution in [0.4, 0.5) is 0 Å². The van der Waals surface area contributed by atoms with E-state index in [2.05, 4.69) is 43.2 Å². The van der Waals surface area contributed by atoms with Gasteiger partial charge in [0.25, 0.3) is 0 Å². The van der Waals surface area contributed by atoms with Crippen LogP contribution in [-0.4, -0.2) is 49.6 Å². The van der Waals surface area contributed by atoms with Crippen molar-refractivity contribution >= 4 is 5.96 Å². The Morgan fingerprint density at radius 2 is 2.05 bits per heavy atom. The summed E-state index contributed by atoms with van der Waals surface area (Å²) in [4.78, 5) is 7.38. The second-order valence-corrected chi connectivity index (χ2v) is 6.45. The SMILES string of the molecule is CCCCCNC(=NCC1CCCN(C(C)C)C1)NCC. The van der Waals surface area contributed by atoms with Crippen molar-refractivity contribution in [3.05, 3.63) is 0 Å². The highest BCUT2D eigenvalue weighted by Crippen LogP contribution is 2.18. The van der Waals surface area contributed by atoms with E-state index in [4.69, 9.17) is 4.99 Å². The molecule has 1 saturated heterocycles. The van der Waals surface area contributed by atoms with Gasteiger partial charge in [0.2, 0.25) is 0 Å². The van der Waals surface area contributed by atoms with Crippen LogP contribution in [0.5, 0.6) is 0 Å². The molecule has 0 radical (unpaired) electrons. The number of piperidine rings is 1. The largest absolute Gasteiger partial charge is 0.357 e. The van der Waals surface area contributed by atoms with Gasteiger partial charge in [-0.2, -0.15) is 0 Å². The van der Waals surface area contributed by atoms with Gasteiger partial charge in [0.1, 0.15) is 0 Å². The molecule has 1 aliphatic heterocycles. The first kappa shape index (κ1) is 18.3. The number of hydrogen-bond acceptors (Lipinski definition) is 2. The van der Waals surface area contributed by atoms with Gasteiger partial charge in [-0.25, -0.2) is 0 Å². The molecule has 0 aromatic rings. The molecule has 124 valence electrons. The first-order valence-corrected chi connectivity index (χ1v) is 8.93. The van der Waals surface area contributed by atoms with Gasteiger partial charge in [0.15, 0.2) is 5.96 Å². The van der Waals surface area contributed by atoms with Crippen LogP contribution in [-0.2, 0) is 0 Å². The summed E-state index contributed by atoms with van der Waals surface area (Å²) >= 11 is 0. The molecule has 1 atom stereocenters. The molecule has 1 aliphatic rings. The Kier molecular flexibility index (Phi) is 9.48. The minimum atomic E-state index is 0.664. The third-order valence-corrected chi connectivity index (χ3v) is 4.21. The van der Waals surface area contributed by atoms with E-state index in [9.17, 15) is 0 Å². The van der Waals surface area contributed by atoms with Crippen molar-refractivity contribution < 1.29 is 0 Å². The molecule has 0 bridgehead atoms. The maximum atomic E-state index is 4.80. The van der Waals surface area contributed by atoms with Gasteiger partial charge in [-0.1, -0.05) is 19.8 Å². The number of rotatable bonds is 8. The Labute approximate surface area is 131 Å². The third kappa shape index (κ3) is 7.70. The van der Waals surface area contributed by atoms with Crippen LogP contribution in [0.3, 0.4) is 0 Å². The van der Waals surface area contributed by atoms with Crippen LogP contribution in [0.15, 0.2) is 4.99 Å². The zero-order chi connectivity index (χ0) is 15.5. The van der Waals surface area contributed by atoms with Gasteiger partial charge < -0.3 is 15.5 Å². The summed E-state index contributed by atoms with van der Waals surface area (Å²) in [6.45, 7) is 14.3. The lowest BCUT2D eigenvalue weighted by Gasteiger charge is -2.34. The van der Waals surface area contributed by atoms with Crippen molar-refractivity contribution in [2.24, 2.45) is 10.9 Å². The third-order valence-electron chi connectivity index (χ3n) is 4.21. The van der Waals surface area contributed by atoms with Crippen molar-refractivity contribution in [1.82, 2.24) is 15.5 Å². The Morgan fingerprint density at radius 1 is 1.24 bits per heavy atom. The average molecular weight is 297 g/mol. The number of unbranched alkanes of at least 4 members (excludes halogenated alkanes) is 2. The Morgan fingerprint density at radius 3 is 2.71 bits per heavy atom. The molecular formula is C17H36N4. The Balaban J connectivity index is 2.37. The van der Waals surface area contributed by atoms with E-state index in [1.807, 2.05) is 0 Å². The molecular weight excluding hydrogens is 260 g/mol. The molecule has 1 fully saturated rings. The smallest absolute Gasteiger partial charge is 0.191 e. The second kappa shape index (κ2) is 10.9. The molecule has 0 aromatic heterocycles. The minimum absolute atomic E-state index is 0.664. The van der Waals surface area contributed by atoms with Gasteiger partial charge in [0, 0.05) is 32.2 Å². The van der Waals surface area contributed by atoms with Gasteiger partial charge in [-0.05, 0) is 52.5 Å². The monoisotopic (exact) mass is 296 g/mol. The van der Waals surface area contributed by atoms with E-state index < -0.39 is 0 Å². The highest BCUT2D eigenvalue weighted by atomic mass is 15.2. The highest BCUT2D eigenvalue weighted by Gasteiger charge is 2.21. The van der Waals surface area contributed by atoms with Gasteiger partial charge in [-0.3, -0.25) is 4.99 Å². The number of hydrogen-bond donors (Lipinski definition) is 2. The van der Waals surface area contributed by atoms with Crippen LogP contribution >= 0.6 is 0 Å². The molecule has 0 aliphatic carbocycles. The molecule has 0 aromatic carbocycles. The van der Waals surface area contributed by atoms with Crippen molar-refractivity contribution in [2.45, 2.75) is 65.8 Å². The predicted molar refractivity (Wildman–Crippen MR) is 92.9 cm³/mol. The first-order chi connectivity index (χ1) is 10.2. The van der Waals surface area contributed by atoms with Crippen molar-refractivity contribution in [3.63, 3.8) is 0 Å². The van der Waals surface area contributed by atoms with E-state index in [0.29, 0.717) is 12.0 Å². The number of guanidine groups is 1. The maximum Gasteiger partial charge on any atom is 0.191 e. The van der Waals surface area contributed by atoms with Crippen molar-refractivity contribution in [3.8, 4) is 0 Å². The molecule has 1 rings (SSSR count). The summed E-state index contributed by atoms with van der Waals surface area (Å²) in [6.07, 6.45) is 6.42. The molecule has 0 saturated carbocycles. The number of likely N-dealkylation sites (tertiary alicyclic amines) is 1. The molecule has 2 N–H and O–H groups in total. The average Bonchev–Trinajstić information content (AvgIpc) is 2.49. The topological polar surface area (TPSA) is 39.7 Å². The summed E-state index contributed by atoms with van der Waals surface area (Å²) < 4.78 is 0. The zero-order valence-electron chi connectivity index (χ0n) is 14.6. The van der Waals surface area contributed by atoms with Crippen LogP contribution in [0.1, 0.15) is 59.8 Å². The highest BCUT2D eigenvalue weighted by molar-refractivity contribution is 5.79. The number of aliphatic imine (C=N–C) groups is 1. The standard InChI is InChI=1S/C17H36N4/c1-5-7-8-11-19-17(18-6-2)20-13-16-10-9-12-21(14-16)15(3)4/h15-16H,5-14H2,1-4H3,(H2,18,19,20). The number of nitrogens with one attached hydrogen (secondary N) is 2. The van der Waals surface area contributed by atoms with Crippen molar-refractivity contribution in [2.75, 3.05) is 32.7 Å². The Bertz CT molecular complexity index is 289. The first-order valence-electron chi connectivity index (χ1n) is 8.93. The van der Waals surface area contributed by atoms with Gasteiger partial charge in [0.05, 0.1) is 0 Å². The molecule has 1 heterocycles.